The number of rotatable bonds is 6. The molecule has 1 heterocycles. The standard InChI is InChI=1S/C26H21ClN2O5/c1-15-11-18(8-10-22(15)27)32-14-24(30)33-19-7-9-20-23(12-19)34-26(29)21(13-28)25(20)16-3-5-17(31-2)6-4-16/h3-12,25H,14,29H2,1-2H3/t25-/m0/s1. The molecule has 0 unspecified atom stereocenters. The highest BCUT2D eigenvalue weighted by Crippen LogP contribution is 2.43. The summed E-state index contributed by atoms with van der Waals surface area (Å²) in [6.45, 7) is 1.56. The first-order valence-corrected chi connectivity index (χ1v) is 10.7. The van der Waals surface area contributed by atoms with E-state index < -0.39 is 11.9 Å². The van der Waals surface area contributed by atoms with Crippen molar-refractivity contribution in [3.63, 3.8) is 0 Å². The molecule has 3 aromatic carbocycles. The second kappa shape index (κ2) is 9.77. The van der Waals surface area contributed by atoms with E-state index in [9.17, 15) is 10.1 Å². The first-order chi connectivity index (χ1) is 16.4. The molecule has 7 nitrogen and oxygen atoms in total. The van der Waals surface area contributed by atoms with Crippen molar-refractivity contribution in [3.8, 4) is 29.1 Å². The summed E-state index contributed by atoms with van der Waals surface area (Å²) < 4.78 is 21.8. The number of halogens is 1. The van der Waals surface area contributed by atoms with Crippen LogP contribution in [0.3, 0.4) is 0 Å². The van der Waals surface area contributed by atoms with Gasteiger partial charge < -0.3 is 24.7 Å². The fourth-order valence-electron chi connectivity index (χ4n) is 3.65. The zero-order valence-corrected chi connectivity index (χ0v) is 19.3. The number of allylic oxidation sites excluding steroid dienone is 1. The van der Waals surface area contributed by atoms with Crippen LogP contribution in [0.2, 0.25) is 5.02 Å². The molecular formula is C26H21ClN2O5. The maximum Gasteiger partial charge on any atom is 0.349 e. The molecule has 172 valence electrons. The number of nitrogens with two attached hydrogens (primary N) is 1. The van der Waals surface area contributed by atoms with Crippen molar-refractivity contribution >= 4 is 17.6 Å². The Balaban J connectivity index is 1.53. The van der Waals surface area contributed by atoms with Crippen LogP contribution < -0.4 is 24.7 Å². The van der Waals surface area contributed by atoms with Gasteiger partial charge >= 0.3 is 5.97 Å². The number of aryl methyl sites for hydroxylation is 1. The minimum Gasteiger partial charge on any atom is -0.497 e. The van der Waals surface area contributed by atoms with Crippen LogP contribution >= 0.6 is 11.6 Å². The smallest absolute Gasteiger partial charge is 0.349 e. The minimum atomic E-state index is -0.587. The molecule has 0 amide bonds. The molecule has 1 aliphatic heterocycles. The van der Waals surface area contributed by atoms with Crippen molar-refractivity contribution in [2.45, 2.75) is 12.8 Å². The lowest BCUT2D eigenvalue weighted by molar-refractivity contribution is -0.136. The molecule has 4 rings (SSSR count). The van der Waals surface area contributed by atoms with Crippen molar-refractivity contribution < 1.29 is 23.7 Å². The van der Waals surface area contributed by atoms with Crippen molar-refractivity contribution in [2.75, 3.05) is 13.7 Å². The summed E-state index contributed by atoms with van der Waals surface area (Å²) >= 11 is 6.01. The monoisotopic (exact) mass is 476 g/mol. The summed E-state index contributed by atoms with van der Waals surface area (Å²) in [7, 11) is 1.59. The fourth-order valence-corrected chi connectivity index (χ4v) is 3.77. The Bertz CT molecular complexity index is 1310. The maximum atomic E-state index is 12.3. The van der Waals surface area contributed by atoms with Gasteiger partial charge in [0.1, 0.15) is 34.6 Å². The van der Waals surface area contributed by atoms with Crippen LogP contribution in [0.15, 0.2) is 72.1 Å². The van der Waals surface area contributed by atoms with E-state index in [0.717, 1.165) is 16.7 Å². The van der Waals surface area contributed by atoms with E-state index in [1.54, 1.807) is 43.5 Å². The second-order valence-electron chi connectivity index (χ2n) is 7.57. The highest BCUT2D eigenvalue weighted by Gasteiger charge is 2.31. The van der Waals surface area contributed by atoms with Gasteiger partial charge in [-0.3, -0.25) is 0 Å². The quantitative estimate of drug-likeness (QED) is 0.400. The molecule has 0 saturated carbocycles. The SMILES string of the molecule is COc1ccc([C@@H]2C(C#N)=C(N)Oc3cc(OC(=O)COc4ccc(Cl)c(C)c4)ccc32)cc1. The molecule has 1 aliphatic rings. The van der Waals surface area contributed by atoms with Crippen LogP contribution in [0.4, 0.5) is 0 Å². The van der Waals surface area contributed by atoms with Gasteiger partial charge in [-0.25, -0.2) is 4.79 Å². The molecule has 0 spiro atoms. The van der Waals surface area contributed by atoms with Gasteiger partial charge in [0.2, 0.25) is 5.88 Å². The van der Waals surface area contributed by atoms with E-state index in [4.69, 9.17) is 36.3 Å². The number of hydrogen-bond donors (Lipinski definition) is 1. The number of esters is 1. The summed E-state index contributed by atoms with van der Waals surface area (Å²) in [5.74, 6) is 0.859. The molecule has 0 fully saturated rings. The van der Waals surface area contributed by atoms with E-state index in [0.29, 0.717) is 27.8 Å². The lowest BCUT2D eigenvalue weighted by atomic mass is 9.83. The molecular weight excluding hydrogens is 456 g/mol. The van der Waals surface area contributed by atoms with Gasteiger partial charge in [-0.05, 0) is 54.4 Å². The Morgan fingerprint density at radius 2 is 1.79 bits per heavy atom. The maximum absolute atomic E-state index is 12.3. The lowest BCUT2D eigenvalue weighted by Gasteiger charge is -2.26. The van der Waals surface area contributed by atoms with Crippen molar-refractivity contribution in [1.29, 1.82) is 5.26 Å². The average Bonchev–Trinajstić information content (AvgIpc) is 2.84. The number of benzene rings is 3. The Labute approximate surface area is 201 Å². The van der Waals surface area contributed by atoms with Crippen LogP contribution in [0.5, 0.6) is 23.0 Å². The number of nitrogens with zero attached hydrogens (tertiary/aromatic N) is 1. The molecule has 0 aliphatic carbocycles. The van der Waals surface area contributed by atoms with Gasteiger partial charge in [0.15, 0.2) is 6.61 Å². The predicted molar refractivity (Wildman–Crippen MR) is 126 cm³/mol. The normalized spacial score (nSPS) is 14.5. The Morgan fingerprint density at radius 3 is 2.47 bits per heavy atom. The first kappa shape index (κ1) is 23.0. The third kappa shape index (κ3) is 4.77. The topological polar surface area (TPSA) is 104 Å². The molecule has 0 bridgehead atoms. The van der Waals surface area contributed by atoms with Gasteiger partial charge in [0, 0.05) is 16.7 Å². The van der Waals surface area contributed by atoms with E-state index in [1.165, 1.54) is 0 Å². The molecule has 3 aromatic rings. The van der Waals surface area contributed by atoms with E-state index in [2.05, 4.69) is 6.07 Å². The Morgan fingerprint density at radius 1 is 1.09 bits per heavy atom. The number of nitriles is 1. The van der Waals surface area contributed by atoms with Crippen molar-refractivity contribution in [3.05, 3.63) is 93.8 Å². The largest absolute Gasteiger partial charge is 0.497 e. The highest BCUT2D eigenvalue weighted by molar-refractivity contribution is 6.31. The number of hydrogen-bond acceptors (Lipinski definition) is 7. The van der Waals surface area contributed by atoms with Gasteiger partial charge in [-0.1, -0.05) is 29.8 Å². The Kier molecular flexibility index (Phi) is 6.62. The first-order valence-electron chi connectivity index (χ1n) is 10.3. The minimum absolute atomic E-state index is 0.000682. The number of carbonyl (C=O) groups is 1. The molecule has 34 heavy (non-hydrogen) atoms. The average molecular weight is 477 g/mol. The summed E-state index contributed by atoms with van der Waals surface area (Å²) in [5.41, 5.74) is 8.76. The molecule has 0 saturated heterocycles. The summed E-state index contributed by atoms with van der Waals surface area (Å²) in [6.07, 6.45) is 0. The van der Waals surface area contributed by atoms with E-state index >= 15 is 0 Å². The summed E-state index contributed by atoms with van der Waals surface area (Å²) in [4.78, 5) is 12.3. The van der Waals surface area contributed by atoms with E-state index in [-0.39, 0.29) is 18.2 Å². The molecule has 1 atom stereocenters. The molecule has 0 radical (unpaired) electrons. The molecule has 0 aromatic heterocycles. The third-order valence-electron chi connectivity index (χ3n) is 5.36. The van der Waals surface area contributed by atoms with Crippen LogP contribution in [0.25, 0.3) is 0 Å². The van der Waals surface area contributed by atoms with Crippen LogP contribution in [-0.4, -0.2) is 19.7 Å². The van der Waals surface area contributed by atoms with Crippen molar-refractivity contribution in [1.82, 2.24) is 0 Å². The van der Waals surface area contributed by atoms with Crippen LogP contribution in [0.1, 0.15) is 22.6 Å². The van der Waals surface area contributed by atoms with Gasteiger partial charge in [-0.15, -0.1) is 0 Å². The zero-order valence-electron chi connectivity index (χ0n) is 18.5. The van der Waals surface area contributed by atoms with Gasteiger partial charge in [0.25, 0.3) is 0 Å². The fraction of sp³-hybridized carbons (Fsp3) is 0.154. The second-order valence-corrected chi connectivity index (χ2v) is 7.98. The highest BCUT2D eigenvalue weighted by atomic mass is 35.5. The van der Waals surface area contributed by atoms with E-state index in [1.807, 2.05) is 31.2 Å². The Hall–Kier alpha value is -4.15. The van der Waals surface area contributed by atoms with Crippen LogP contribution in [-0.2, 0) is 4.79 Å². The lowest BCUT2D eigenvalue weighted by Crippen LogP contribution is -2.21. The van der Waals surface area contributed by atoms with Gasteiger partial charge in [0.05, 0.1) is 13.0 Å². The number of ether oxygens (including phenoxy) is 4. The van der Waals surface area contributed by atoms with Gasteiger partial charge in [-0.2, -0.15) is 5.26 Å². The third-order valence-corrected chi connectivity index (χ3v) is 5.78. The number of methoxy groups -OCH3 is 1. The zero-order chi connectivity index (χ0) is 24.2. The summed E-state index contributed by atoms with van der Waals surface area (Å²) in [6, 6.07) is 19.6. The predicted octanol–water partition coefficient (Wildman–Crippen LogP) is 4.86. The number of fused-ring (bicyclic) bond motifs is 1. The molecule has 8 heteroatoms. The van der Waals surface area contributed by atoms with Crippen molar-refractivity contribution in [2.24, 2.45) is 5.73 Å². The van der Waals surface area contributed by atoms with Crippen LogP contribution in [0, 0.1) is 18.3 Å². The summed E-state index contributed by atoms with van der Waals surface area (Å²) in [5, 5.41) is 10.3. The molecule has 2 N–H and O–H groups in total. The number of carbonyl (C=O) groups excluding carboxylic acids is 1.